The number of hydrogen-bond acceptors (Lipinski definition) is 5. The Labute approximate surface area is 143 Å². The Balaban J connectivity index is 1.63. The van der Waals surface area contributed by atoms with Crippen LogP contribution in [0.1, 0.15) is 28.6 Å². The minimum Gasteiger partial charge on any atom is -0.299 e. The highest BCUT2D eigenvalue weighted by molar-refractivity contribution is 7.16. The maximum absolute atomic E-state index is 13.2. The first-order valence-corrected chi connectivity index (χ1v) is 8.96. The van der Waals surface area contributed by atoms with Crippen LogP contribution in [0.25, 0.3) is 10.6 Å². The fourth-order valence-corrected chi connectivity index (χ4v) is 4.49. The number of alkyl halides is 4. The van der Waals surface area contributed by atoms with Crippen molar-refractivity contribution in [3.63, 3.8) is 0 Å². The second-order valence-electron chi connectivity index (χ2n) is 5.92. The number of Topliss-reactive ketones (excluding diaryl/α,β-unsaturated/α-hetero) is 1. The monoisotopic (exact) mass is 378 g/mol. The smallest absolute Gasteiger partial charge is 0.299 e. The number of ketones is 1. The maximum atomic E-state index is 13.2. The van der Waals surface area contributed by atoms with E-state index in [0.717, 1.165) is 15.6 Å². The van der Waals surface area contributed by atoms with Crippen LogP contribution < -0.4 is 0 Å². The summed E-state index contributed by atoms with van der Waals surface area (Å²) < 4.78 is 52.1. The molecule has 24 heavy (non-hydrogen) atoms. The number of rotatable bonds is 5. The molecule has 3 nitrogen and oxygen atoms in total. The van der Waals surface area contributed by atoms with Gasteiger partial charge in [0.15, 0.2) is 0 Å². The number of aryl methyl sites for hydroxylation is 2. The molecular weight excluding hydrogens is 364 g/mol. The van der Waals surface area contributed by atoms with Gasteiger partial charge in [-0.1, -0.05) is 0 Å². The van der Waals surface area contributed by atoms with Crippen LogP contribution in [0, 0.1) is 19.8 Å². The van der Waals surface area contributed by atoms with E-state index < -0.39 is 36.4 Å². The Morgan fingerprint density at radius 3 is 2.54 bits per heavy atom. The van der Waals surface area contributed by atoms with Crippen LogP contribution in [0.4, 0.5) is 17.6 Å². The Kier molecular flexibility index (Phi) is 4.28. The third-order valence-corrected chi connectivity index (χ3v) is 5.96. The molecule has 0 bridgehead atoms. The van der Waals surface area contributed by atoms with Crippen LogP contribution in [0.3, 0.4) is 0 Å². The van der Waals surface area contributed by atoms with Crippen LogP contribution in [0.15, 0.2) is 5.38 Å². The van der Waals surface area contributed by atoms with Crippen molar-refractivity contribution in [2.24, 2.45) is 5.92 Å². The van der Waals surface area contributed by atoms with Crippen LogP contribution in [-0.4, -0.2) is 27.6 Å². The molecule has 1 aliphatic rings. The second kappa shape index (κ2) is 5.87. The van der Waals surface area contributed by atoms with Gasteiger partial charge in [-0.05, 0) is 13.8 Å². The molecule has 130 valence electrons. The molecule has 0 aromatic carbocycles. The van der Waals surface area contributed by atoms with Crippen LogP contribution >= 0.6 is 22.7 Å². The van der Waals surface area contributed by atoms with Crippen molar-refractivity contribution in [3.8, 4) is 10.6 Å². The van der Waals surface area contributed by atoms with E-state index in [1.807, 2.05) is 13.8 Å². The molecule has 0 saturated heterocycles. The van der Waals surface area contributed by atoms with E-state index in [9.17, 15) is 22.4 Å². The largest absolute Gasteiger partial charge is 0.313 e. The van der Waals surface area contributed by atoms with Gasteiger partial charge in [-0.2, -0.15) is 17.6 Å². The summed E-state index contributed by atoms with van der Waals surface area (Å²) in [5.74, 6) is -10.2. The third-order valence-electron chi connectivity index (χ3n) is 4.01. The first kappa shape index (κ1) is 17.5. The van der Waals surface area contributed by atoms with Crippen LogP contribution in [0.5, 0.6) is 0 Å². The van der Waals surface area contributed by atoms with Crippen molar-refractivity contribution in [3.05, 3.63) is 21.1 Å². The second-order valence-corrected chi connectivity index (χ2v) is 8.07. The number of aromatic nitrogens is 2. The highest BCUT2D eigenvalue weighted by atomic mass is 32.1. The summed E-state index contributed by atoms with van der Waals surface area (Å²) in [4.78, 5) is 21.5. The Morgan fingerprint density at radius 2 is 2.00 bits per heavy atom. The lowest BCUT2D eigenvalue weighted by atomic mass is 9.74. The molecule has 1 saturated carbocycles. The third kappa shape index (κ3) is 2.99. The maximum Gasteiger partial charge on any atom is 0.313 e. The molecule has 2 heterocycles. The molecule has 0 spiro atoms. The quantitative estimate of drug-likeness (QED) is 0.710. The zero-order valence-corrected chi connectivity index (χ0v) is 14.5. The molecule has 1 unspecified atom stereocenters. The standard InChI is InChI=1S/C15H14F4N2OS2/c1-7-13(24-8(2)20-7)11-6-23-12(21-11)4-10(22)3-9-5-14(16,17)15(9,18)19/h6,9H,3-5H2,1-2H3. The van der Waals surface area contributed by atoms with Crippen molar-refractivity contribution in [1.82, 2.24) is 9.97 Å². The summed E-state index contributed by atoms with van der Waals surface area (Å²) in [5.41, 5.74) is 1.54. The number of nitrogens with zero attached hydrogens (tertiary/aromatic N) is 2. The minimum atomic E-state index is -4.09. The van der Waals surface area contributed by atoms with Gasteiger partial charge in [-0.3, -0.25) is 4.79 Å². The molecule has 2 aromatic heterocycles. The molecule has 1 fully saturated rings. The Bertz CT molecular complexity index is 784. The molecule has 1 atom stereocenters. The topological polar surface area (TPSA) is 42.9 Å². The van der Waals surface area contributed by atoms with E-state index in [-0.39, 0.29) is 6.42 Å². The average molecular weight is 378 g/mol. The van der Waals surface area contributed by atoms with Crippen LogP contribution in [0.2, 0.25) is 0 Å². The van der Waals surface area contributed by atoms with Gasteiger partial charge in [0.25, 0.3) is 0 Å². The first-order chi connectivity index (χ1) is 11.1. The molecule has 3 rings (SSSR count). The zero-order valence-electron chi connectivity index (χ0n) is 12.9. The van der Waals surface area contributed by atoms with E-state index in [2.05, 4.69) is 9.97 Å². The van der Waals surface area contributed by atoms with Gasteiger partial charge in [-0.25, -0.2) is 9.97 Å². The van der Waals surface area contributed by atoms with E-state index in [0.29, 0.717) is 10.7 Å². The summed E-state index contributed by atoms with van der Waals surface area (Å²) in [6.07, 6.45) is -1.59. The van der Waals surface area contributed by atoms with Crippen molar-refractivity contribution < 1.29 is 22.4 Å². The van der Waals surface area contributed by atoms with Gasteiger partial charge in [0.2, 0.25) is 0 Å². The molecule has 0 amide bonds. The molecule has 2 aromatic rings. The van der Waals surface area contributed by atoms with Gasteiger partial charge in [0.05, 0.1) is 27.7 Å². The summed E-state index contributed by atoms with van der Waals surface area (Å²) in [7, 11) is 0. The SMILES string of the molecule is Cc1nc(C)c(-c2csc(CC(=O)CC3CC(F)(F)C3(F)F)n2)s1. The number of halogens is 4. The Hall–Kier alpha value is -1.35. The highest BCUT2D eigenvalue weighted by Gasteiger charge is 2.71. The predicted octanol–water partition coefficient (Wildman–Crippen LogP) is 4.68. The number of hydrogen-bond donors (Lipinski definition) is 0. The molecule has 0 aliphatic heterocycles. The van der Waals surface area contributed by atoms with Crippen molar-refractivity contribution in [2.45, 2.75) is 45.0 Å². The fourth-order valence-electron chi connectivity index (χ4n) is 2.72. The van der Waals surface area contributed by atoms with Gasteiger partial charge < -0.3 is 0 Å². The van der Waals surface area contributed by atoms with Gasteiger partial charge in [-0.15, -0.1) is 22.7 Å². The van der Waals surface area contributed by atoms with E-state index >= 15 is 0 Å². The zero-order chi connectivity index (χ0) is 17.7. The number of thiazole rings is 2. The van der Waals surface area contributed by atoms with Gasteiger partial charge >= 0.3 is 11.8 Å². The summed E-state index contributed by atoms with van der Waals surface area (Å²) in [6, 6.07) is 0. The van der Waals surface area contributed by atoms with E-state index in [4.69, 9.17) is 0 Å². The van der Waals surface area contributed by atoms with Crippen molar-refractivity contribution >= 4 is 28.5 Å². The highest BCUT2D eigenvalue weighted by Crippen LogP contribution is 2.56. The van der Waals surface area contributed by atoms with Crippen molar-refractivity contribution in [2.75, 3.05) is 0 Å². The lowest BCUT2D eigenvalue weighted by molar-refractivity contribution is -0.313. The molecule has 0 radical (unpaired) electrons. The van der Waals surface area contributed by atoms with Gasteiger partial charge in [0.1, 0.15) is 10.8 Å². The molecular formula is C15H14F4N2OS2. The molecule has 1 aliphatic carbocycles. The summed E-state index contributed by atoms with van der Waals surface area (Å²) in [5, 5.41) is 3.19. The Morgan fingerprint density at radius 1 is 1.29 bits per heavy atom. The number of carbonyl (C=O) groups is 1. The minimum absolute atomic E-state index is 0.111. The summed E-state index contributed by atoms with van der Waals surface area (Å²) >= 11 is 2.74. The molecule has 0 N–H and O–H groups in total. The van der Waals surface area contributed by atoms with E-state index in [1.54, 1.807) is 5.38 Å². The van der Waals surface area contributed by atoms with Gasteiger partial charge in [0, 0.05) is 24.1 Å². The lowest BCUT2D eigenvalue weighted by Crippen LogP contribution is -2.59. The normalized spacial score (nSPS) is 21.5. The average Bonchev–Trinajstić information content (AvgIpc) is 3.04. The predicted molar refractivity (Wildman–Crippen MR) is 84.0 cm³/mol. The first-order valence-electron chi connectivity index (χ1n) is 7.26. The van der Waals surface area contributed by atoms with Crippen LogP contribution in [-0.2, 0) is 11.2 Å². The fraction of sp³-hybridized carbons (Fsp3) is 0.533. The summed E-state index contributed by atoms with van der Waals surface area (Å²) in [6.45, 7) is 3.74. The molecule has 9 heteroatoms. The number of carbonyl (C=O) groups excluding carboxylic acids is 1. The van der Waals surface area contributed by atoms with E-state index in [1.165, 1.54) is 22.7 Å². The van der Waals surface area contributed by atoms with Crippen molar-refractivity contribution in [1.29, 1.82) is 0 Å². The lowest BCUT2D eigenvalue weighted by Gasteiger charge is -2.43.